The summed E-state index contributed by atoms with van der Waals surface area (Å²) in [6.07, 6.45) is 2.02. The monoisotopic (exact) mass is 575 g/mol. The van der Waals surface area contributed by atoms with Crippen molar-refractivity contribution in [3.05, 3.63) is 77.2 Å². The number of hydrogen-bond acceptors (Lipinski definition) is 8. The number of sulfonamides is 1. The summed E-state index contributed by atoms with van der Waals surface area (Å²) in [4.78, 5) is 30.1. The molecule has 13 heteroatoms. The summed E-state index contributed by atoms with van der Waals surface area (Å²) in [5.41, 5.74) is -0.0589. The third kappa shape index (κ3) is 5.39. The number of aromatic nitrogens is 3. The van der Waals surface area contributed by atoms with Crippen molar-refractivity contribution in [3.8, 4) is 11.8 Å². The topological polar surface area (TPSA) is 153 Å². The van der Waals surface area contributed by atoms with Crippen LogP contribution in [-0.4, -0.2) is 65.7 Å². The Morgan fingerprint density at radius 1 is 1.12 bits per heavy atom. The number of rotatable bonds is 7. The summed E-state index contributed by atoms with van der Waals surface area (Å²) >= 11 is 0. The van der Waals surface area contributed by atoms with Gasteiger partial charge in [0.1, 0.15) is 11.1 Å². The number of nitriles is 1. The summed E-state index contributed by atoms with van der Waals surface area (Å²) in [6.45, 7) is 0.672. The van der Waals surface area contributed by atoms with E-state index in [1.807, 2.05) is 6.07 Å². The van der Waals surface area contributed by atoms with Crippen molar-refractivity contribution in [1.29, 1.82) is 5.26 Å². The minimum absolute atomic E-state index is 0.120. The molecule has 1 aliphatic heterocycles. The van der Waals surface area contributed by atoms with Crippen LogP contribution in [0.2, 0.25) is 0 Å². The number of carbonyl (C=O) groups excluding carboxylic acids is 1. The Hall–Kier alpha value is -4.67. The number of carbonyl (C=O) groups is 1. The average Bonchev–Trinajstić information content (AvgIpc) is 3.34. The van der Waals surface area contributed by atoms with Gasteiger partial charge in [-0.05, 0) is 55.3 Å². The van der Waals surface area contributed by atoms with Gasteiger partial charge < -0.3 is 19.9 Å². The molecular formula is C28H29N7O5S. The van der Waals surface area contributed by atoms with Crippen molar-refractivity contribution in [2.75, 3.05) is 32.5 Å². The van der Waals surface area contributed by atoms with E-state index < -0.39 is 21.7 Å². The second-order valence-electron chi connectivity index (χ2n) is 9.99. The quantitative estimate of drug-likeness (QED) is 0.339. The second-order valence-corrected chi connectivity index (χ2v) is 12.1. The number of aromatic amines is 1. The predicted molar refractivity (Wildman–Crippen MR) is 152 cm³/mol. The van der Waals surface area contributed by atoms with Crippen molar-refractivity contribution in [2.24, 2.45) is 0 Å². The Balaban J connectivity index is 1.44. The summed E-state index contributed by atoms with van der Waals surface area (Å²) in [5, 5.41) is 18.0. The molecule has 212 valence electrons. The van der Waals surface area contributed by atoms with Gasteiger partial charge in [0, 0.05) is 39.1 Å². The highest BCUT2D eigenvalue weighted by Gasteiger charge is 2.40. The number of piperidine rings is 1. The number of H-pyrrole nitrogens is 1. The molecule has 2 aromatic carbocycles. The molecule has 0 bridgehead atoms. The number of anilines is 2. The lowest BCUT2D eigenvalue weighted by molar-refractivity contribution is 0.0954. The Labute approximate surface area is 236 Å². The van der Waals surface area contributed by atoms with E-state index in [4.69, 9.17) is 9.84 Å². The van der Waals surface area contributed by atoms with E-state index in [0.717, 1.165) is 4.31 Å². The molecule has 1 amide bonds. The zero-order chi connectivity index (χ0) is 29.2. The standard InChI is InChI=1S/C28H29N7O5S/c1-33(2)41(38,39)22-10-8-20(9-11-22)31-25-24-23(12-17-30-26(24)36)35(32-25)28(13-16-29)14-18-34(19-15-28)27(37)40-21-6-4-3-5-7-21/h3-12,17H,13-15,18-19H2,1-2H3,(H,30,36)(H,31,32). The summed E-state index contributed by atoms with van der Waals surface area (Å²) in [6, 6.07) is 19.0. The van der Waals surface area contributed by atoms with E-state index >= 15 is 0 Å². The molecule has 12 nitrogen and oxygen atoms in total. The molecule has 0 aliphatic carbocycles. The fourth-order valence-corrected chi connectivity index (χ4v) is 5.86. The highest BCUT2D eigenvalue weighted by molar-refractivity contribution is 7.89. The van der Waals surface area contributed by atoms with Crippen LogP contribution in [0.25, 0.3) is 10.9 Å². The number of likely N-dealkylation sites (tertiary alicyclic amines) is 1. The number of para-hydroxylation sites is 1. The van der Waals surface area contributed by atoms with Crippen molar-refractivity contribution in [1.82, 2.24) is 24.0 Å². The first-order valence-electron chi connectivity index (χ1n) is 12.9. The maximum Gasteiger partial charge on any atom is 0.415 e. The average molecular weight is 576 g/mol. The minimum Gasteiger partial charge on any atom is -0.410 e. The first kappa shape index (κ1) is 27.9. The Bertz CT molecular complexity index is 1770. The normalized spacial score (nSPS) is 15.0. The number of benzene rings is 2. The second kappa shape index (κ2) is 11.1. The van der Waals surface area contributed by atoms with Gasteiger partial charge in [-0.3, -0.25) is 9.48 Å². The molecule has 1 aliphatic rings. The first-order chi connectivity index (χ1) is 19.6. The van der Waals surface area contributed by atoms with Crippen LogP contribution in [0.4, 0.5) is 16.3 Å². The van der Waals surface area contributed by atoms with Crippen LogP contribution in [0.1, 0.15) is 19.3 Å². The molecule has 2 N–H and O–H groups in total. The molecule has 2 aromatic heterocycles. The van der Waals surface area contributed by atoms with E-state index in [2.05, 4.69) is 16.4 Å². The highest BCUT2D eigenvalue weighted by atomic mass is 32.2. The zero-order valence-corrected chi connectivity index (χ0v) is 23.4. The SMILES string of the molecule is CN(C)S(=O)(=O)c1ccc(Nc2nn(C3(CC#N)CCN(C(=O)Oc4ccccc4)CC3)c3cc[nH]c(=O)c23)cc1. The van der Waals surface area contributed by atoms with E-state index in [-0.39, 0.29) is 22.7 Å². The third-order valence-electron chi connectivity index (χ3n) is 7.26. The van der Waals surface area contributed by atoms with Crippen molar-refractivity contribution < 1.29 is 17.9 Å². The fourth-order valence-electron chi connectivity index (χ4n) is 4.95. The summed E-state index contributed by atoms with van der Waals surface area (Å²) < 4.78 is 33.2. The molecule has 5 rings (SSSR count). The molecular weight excluding hydrogens is 546 g/mol. The van der Waals surface area contributed by atoms with Crippen LogP contribution in [0.15, 0.2) is 76.6 Å². The molecule has 0 spiro atoms. The van der Waals surface area contributed by atoms with Gasteiger partial charge in [0.25, 0.3) is 5.56 Å². The smallest absolute Gasteiger partial charge is 0.410 e. The number of hydrogen-bond donors (Lipinski definition) is 2. The van der Waals surface area contributed by atoms with Gasteiger partial charge in [0.15, 0.2) is 5.82 Å². The Morgan fingerprint density at radius 3 is 2.44 bits per heavy atom. The molecule has 41 heavy (non-hydrogen) atoms. The first-order valence-corrected chi connectivity index (χ1v) is 14.4. The number of nitrogens with one attached hydrogen (secondary N) is 2. The number of fused-ring (bicyclic) bond motifs is 1. The van der Waals surface area contributed by atoms with Gasteiger partial charge in [-0.1, -0.05) is 18.2 Å². The number of amides is 1. The van der Waals surface area contributed by atoms with Gasteiger partial charge >= 0.3 is 6.09 Å². The van der Waals surface area contributed by atoms with Crippen molar-refractivity contribution >= 4 is 38.5 Å². The lowest BCUT2D eigenvalue weighted by Gasteiger charge is -2.40. The van der Waals surface area contributed by atoms with E-state index in [1.165, 1.54) is 32.4 Å². The molecule has 1 saturated heterocycles. The van der Waals surface area contributed by atoms with Gasteiger partial charge in [0.05, 0.1) is 28.4 Å². The van der Waals surface area contributed by atoms with Gasteiger partial charge in [-0.2, -0.15) is 10.4 Å². The number of nitrogens with zero attached hydrogens (tertiary/aromatic N) is 5. The molecule has 0 atom stereocenters. The van der Waals surface area contributed by atoms with Crippen molar-refractivity contribution in [2.45, 2.75) is 29.7 Å². The molecule has 0 radical (unpaired) electrons. The Kier molecular flexibility index (Phi) is 7.53. The summed E-state index contributed by atoms with van der Waals surface area (Å²) in [7, 11) is -0.681. The molecule has 0 unspecified atom stereocenters. The van der Waals surface area contributed by atoms with Crippen LogP contribution < -0.4 is 15.6 Å². The minimum atomic E-state index is -3.60. The van der Waals surface area contributed by atoms with Crippen LogP contribution in [0, 0.1) is 11.3 Å². The lowest BCUT2D eigenvalue weighted by Crippen LogP contribution is -2.49. The van der Waals surface area contributed by atoms with Gasteiger partial charge in [-0.25, -0.2) is 17.5 Å². The maximum absolute atomic E-state index is 13.0. The predicted octanol–water partition coefficient (Wildman–Crippen LogP) is 3.62. The maximum atomic E-state index is 13.0. The van der Waals surface area contributed by atoms with E-state index in [1.54, 1.807) is 52.0 Å². The van der Waals surface area contributed by atoms with Crippen LogP contribution in [0.3, 0.4) is 0 Å². The van der Waals surface area contributed by atoms with Crippen LogP contribution in [-0.2, 0) is 15.6 Å². The van der Waals surface area contributed by atoms with Gasteiger partial charge in [0.2, 0.25) is 10.0 Å². The highest BCUT2D eigenvalue weighted by Crippen LogP contribution is 2.37. The Morgan fingerprint density at radius 2 is 1.80 bits per heavy atom. The third-order valence-corrected chi connectivity index (χ3v) is 9.09. The number of pyridine rings is 1. The zero-order valence-electron chi connectivity index (χ0n) is 22.6. The fraction of sp³-hybridized carbons (Fsp3) is 0.286. The molecule has 3 heterocycles. The molecule has 4 aromatic rings. The van der Waals surface area contributed by atoms with E-state index in [9.17, 15) is 23.3 Å². The van der Waals surface area contributed by atoms with Crippen molar-refractivity contribution in [3.63, 3.8) is 0 Å². The van der Waals surface area contributed by atoms with Gasteiger partial charge in [-0.15, -0.1) is 0 Å². The van der Waals surface area contributed by atoms with E-state index in [0.29, 0.717) is 48.3 Å². The molecule has 1 fully saturated rings. The van der Waals surface area contributed by atoms with Crippen LogP contribution in [0.5, 0.6) is 5.75 Å². The van der Waals surface area contributed by atoms with Crippen LogP contribution >= 0.6 is 0 Å². The summed E-state index contributed by atoms with van der Waals surface area (Å²) in [5.74, 6) is 0.722. The largest absolute Gasteiger partial charge is 0.415 e. The lowest BCUT2D eigenvalue weighted by atomic mass is 9.85. The molecule has 0 saturated carbocycles. The number of ether oxygens (including phenoxy) is 1.